The highest BCUT2D eigenvalue weighted by Crippen LogP contribution is 2.17. The zero-order chi connectivity index (χ0) is 19.6. The van der Waals surface area contributed by atoms with E-state index in [9.17, 15) is 9.59 Å². The van der Waals surface area contributed by atoms with Crippen LogP contribution in [-0.2, 0) is 4.79 Å². The van der Waals surface area contributed by atoms with Gasteiger partial charge >= 0.3 is 0 Å². The predicted molar refractivity (Wildman–Crippen MR) is 112 cm³/mol. The Morgan fingerprint density at radius 3 is 2.43 bits per heavy atom. The number of carbonyl (C=O) groups excluding carboxylic acids is 2. The SMILES string of the molecule is CNCCN(C)C(=O)c1ccc(OCC(=O)Nc2cccc(OC)c2)cc1.Cl. The minimum absolute atomic E-state index is 0. The Morgan fingerprint density at radius 2 is 1.79 bits per heavy atom. The first-order chi connectivity index (χ1) is 13.0. The molecule has 8 heteroatoms. The number of benzene rings is 2. The molecule has 0 aliphatic heterocycles. The molecule has 0 spiro atoms. The van der Waals surface area contributed by atoms with Crippen LogP contribution in [0.5, 0.6) is 11.5 Å². The molecule has 2 N–H and O–H groups in total. The molecule has 0 atom stereocenters. The van der Waals surface area contributed by atoms with Gasteiger partial charge < -0.3 is 25.0 Å². The number of halogens is 1. The van der Waals surface area contributed by atoms with Crippen LogP contribution in [0.2, 0.25) is 0 Å². The molecular formula is C20H26ClN3O4. The average molecular weight is 408 g/mol. The lowest BCUT2D eigenvalue weighted by Gasteiger charge is -2.17. The van der Waals surface area contributed by atoms with E-state index in [1.165, 1.54) is 0 Å². The monoisotopic (exact) mass is 407 g/mol. The Balaban J connectivity index is 0.00000392. The van der Waals surface area contributed by atoms with Gasteiger partial charge in [0.1, 0.15) is 11.5 Å². The van der Waals surface area contributed by atoms with E-state index in [0.717, 1.165) is 6.54 Å². The first-order valence-corrected chi connectivity index (χ1v) is 8.60. The van der Waals surface area contributed by atoms with Crippen LogP contribution in [-0.4, -0.2) is 57.6 Å². The lowest BCUT2D eigenvalue weighted by molar-refractivity contribution is -0.118. The fourth-order valence-corrected chi connectivity index (χ4v) is 2.34. The number of amides is 2. The van der Waals surface area contributed by atoms with Gasteiger partial charge in [0.2, 0.25) is 0 Å². The maximum atomic E-state index is 12.3. The van der Waals surface area contributed by atoms with Crippen LogP contribution in [0.15, 0.2) is 48.5 Å². The number of carbonyl (C=O) groups is 2. The highest BCUT2D eigenvalue weighted by atomic mass is 35.5. The molecule has 0 bridgehead atoms. The van der Waals surface area contributed by atoms with Gasteiger partial charge in [-0.05, 0) is 43.4 Å². The number of nitrogens with zero attached hydrogens (tertiary/aromatic N) is 1. The van der Waals surface area contributed by atoms with Gasteiger partial charge in [-0.3, -0.25) is 9.59 Å². The highest BCUT2D eigenvalue weighted by molar-refractivity contribution is 5.94. The van der Waals surface area contributed by atoms with Crippen molar-refractivity contribution in [3.05, 3.63) is 54.1 Å². The summed E-state index contributed by atoms with van der Waals surface area (Å²) >= 11 is 0. The average Bonchev–Trinajstić information content (AvgIpc) is 2.70. The second kappa shape index (κ2) is 11.8. The zero-order valence-electron chi connectivity index (χ0n) is 16.2. The lowest BCUT2D eigenvalue weighted by Crippen LogP contribution is -2.32. The van der Waals surface area contributed by atoms with E-state index >= 15 is 0 Å². The van der Waals surface area contributed by atoms with Crippen LogP contribution in [0.3, 0.4) is 0 Å². The number of hydrogen-bond acceptors (Lipinski definition) is 5. The van der Waals surface area contributed by atoms with E-state index in [0.29, 0.717) is 29.3 Å². The minimum atomic E-state index is -0.282. The van der Waals surface area contributed by atoms with E-state index in [1.54, 1.807) is 67.6 Å². The molecule has 28 heavy (non-hydrogen) atoms. The summed E-state index contributed by atoms with van der Waals surface area (Å²) in [5.41, 5.74) is 1.20. The van der Waals surface area contributed by atoms with Crippen molar-refractivity contribution in [2.24, 2.45) is 0 Å². The summed E-state index contributed by atoms with van der Waals surface area (Å²) in [4.78, 5) is 25.9. The van der Waals surface area contributed by atoms with Gasteiger partial charge in [-0.2, -0.15) is 0 Å². The molecule has 0 saturated heterocycles. The fourth-order valence-electron chi connectivity index (χ4n) is 2.34. The molecule has 0 saturated carbocycles. The van der Waals surface area contributed by atoms with Gasteiger partial charge in [0.15, 0.2) is 6.61 Å². The first-order valence-electron chi connectivity index (χ1n) is 8.60. The van der Waals surface area contributed by atoms with E-state index in [1.807, 2.05) is 7.05 Å². The summed E-state index contributed by atoms with van der Waals surface area (Å²) < 4.78 is 10.6. The molecular weight excluding hydrogens is 382 g/mol. The molecule has 0 radical (unpaired) electrons. The third-order valence-electron chi connectivity index (χ3n) is 3.87. The molecule has 0 aliphatic carbocycles. The fraction of sp³-hybridized carbons (Fsp3) is 0.300. The Kier molecular flexibility index (Phi) is 9.84. The summed E-state index contributed by atoms with van der Waals surface area (Å²) in [6, 6.07) is 13.8. The number of nitrogens with one attached hydrogen (secondary N) is 2. The Hall–Kier alpha value is -2.77. The molecule has 2 aromatic rings. The van der Waals surface area contributed by atoms with Gasteiger partial charge in [0.05, 0.1) is 7.11 Å². The third-order valence-corrected chi connectivity index (χ3v) is 3.87. The molecule has 7 nitrogen and oxygen atoms in total. The molecule has 152 valence electrons. The Bertz CT molecular complexity index is 768. The van der Waals surface area contributed by atoms with Gasteiger partial charge in [-0.1, -0.05) is 6.07 Å². The van der Waals surface area contributed by atoms with E-state index in [2.05, 4.69) is 10.6 Å². The van der Waals surface area contributed by atoms with Crippen LogP contribution in [0, 0.1) is 0 Å². The van der Waals surface area contributed by atoms with Crippen LogP contribution < -0.4 is 20.1 Å². The second-order valence-electron chi connectivity index (χ2n) is 5.92. The summed E-state index contributed by atoms with van der Waals surface area (Å²) in [5.74, 6) is 0.835. The molecule has 0 heterocycles. The molecule has 0 aromatic heterocycles. The van der Waals surface area contributed by atoms with Crippen molar-refractivity contribution >= 4 is 29.9 Å². The molecule has 0 unspecified atom stereocenters. The molecule has 2 aromatic carbocycles. The van der Waals surface area contributed by atoms with Crippen LogP contribution in [0.1, 0.15) is 10.4 Å². The molecule has 0 aliphatic rings. The molecule has 2 amide bonds. The number of rotatable bonds is 9. The summed E-state index contributed by atoms with van der Waals surface area (Å²) in [6.45, 7) is 1.22. The van der Waals surface area contributed by atoms with E-state index in [-0.39, 0.29) is 30.8 Å². The van der Waals surface area contributed by atoms with Gasteiger partial charge in [0.25, 0.3) is 11.8 Å². The topological polar surface area (TPSA) is 79.9 Å². The van der Waals surface area contributed by atoms with Crippen molar-refractivity contribution < 1.29 is 19.1 Å². The van der Waals surface area contributed by atoms with Gasteiger partial charge in [0, 0.05) is 37.5 Å². The first kappa shape index (κ1) is 23.3. The smallest absolute Gasteiger partial charge is 0.262 e. The maximum Gasteiger partial charge on any atom is 0.262 e. The normalized spacial score (nSPS) is 9.82. The highest BCUT2D eigenvalue weighted by Gasteiger charge is 2.11. The number of hydrogen-bond donors (Lipinski definition) is 2. The minimum Gasteiger partial charge on any atom is -0.497 e. The number of likely N-dealkylation sites (N-methyl/N-ethyl adjacent to an activating group) is 2. The molecule has 0 fully saturated rings. The van der Waals surface area contributed by atoms with E-state index < -0.39 is 0 Å². The number of ether oxygens (including phenoxy) is 2. The summed E-state index contributed by atoms with van der Waals surface area (Å²) in [6.07, 6.45) is 0. The lowest BCUT2D eigenvalue weighted by atomic mass is 10.2. The Labute approximate surface area is 171 Å². The maximum absolute atomic E-state index is 12.3. The number of anilines is 1. The second-order valence-corrected chi connectivity index (χ2v) is 5.92. The van der Waals surface area contributed by atoms with Gasteiger partial charge in [-0.15, -0.1) is 12.4 Å². The van der Waals surface area contributed by atoms with Crippen molar-refractivity contribution in [3.63, 3.8) is 0 Å². The number of methoxy groups -OCH3 is 1. The molecule has 2 rings (SSSR count). The van der Waals surface area contributed by atoms with Crippen molar-refractivity contribution in [3.8, 4) is 11.5 Å². The zero-order valence-corrected chi connectivity index (χ0v) is 17.0. The largest absolute Gasteiger partial charge is 0.497 e. The summed E-state index contributed by atoms with van der Waals surface area (Å²) in [7, 11) is 5.17. The van der Waals surface area contributed by atoms with Crippen molar-refractivity contribution in [1.29, 1.82) is 0 Å². The van der Waals surface area contributed by atoms with E-state index in [4.69, 9.17) is 9.47 Å². The van der Waals surface area contributed by atoms with Crippen LogP contribution in [0.4, 0.5) is 5.69 Å². The quantitative estimate of drug-likeness (QED) is 0.667. The van der Waals surface area contributed by atoms with Crippen molar-refractivity contribution in [2.45, 2.75) is 0 Å². The van der Waals surface area contributed by atoms with Crippen molar-refractivity contribution in [1.82, 2.24) is 10.2 Å². The predicted octanol–water partition coefficient (Wildman–Crippen LogP) is 2.43. The van der Waals surface area contributed by atoms with Crippen LogP contribution >= 0.6 is 12.4 Å². The summed E-state index contributed by atoms with van der Waals surface area (Å²) in [5, 5.41) is 5.75. The third kappa shape index (κ3) is 7.09. The van der Waals surface area contributed by atoms with Gasteiger partial charge in [-0.25, -0.2) is 0 Å². The Morgan fingerprint density at radius 1 is 1.07 bits per heavy atom. The van der Waals surface area contributed by atoms with Crippen molar-refractivity contribution in [2.75, 3.05) is 46.2 Å². The van der Waals surface area contributed by atoms with Crippen LogP contribution in [0.25, 0.3) is 0 Å². The standard InChI is InChI=1S/C20H25N3O4.ClH/c1-21-11-12-23(2)20(25)15-7-9-17(10-8-15)27-14-19(24)22-16-5-4-6-18(13-16)26-3;/h4-10,13,21H,11-12,14H2,1-3H3,(H,22,24);1H.